The molecule has 1 amide bonds. The maximum atomic E-state index is 12.0. The Kier molecular flexibility index (Phi) is 5.51. The molecule has 0 atom stereocenters. The van der Waals surface area contributed by atoms with Crippen LogP contribution in [-0.2, 0) is 9.53 Å². The summed E-state index contributed by atoms with van der Waals surface area (Å²) >= 11 is 0. The van der Waals surface area contributed by atoms with Crippen LogP contribution in [-0.4, -0.2) is 54.2 Å². The first-order chi connectivity index (χ1) is 9.08. The number of nitrogens with zero attached hydrogens (tertiary/aromatic N) is 2. The van der Waals surface area contributed by atoms with Crippen LogP contribution in [0.2, 0.25) is 0 Å². The molecule has 1 aromatic heterocycles. The first-order valence-electron chi connectivity index (χ1n) is 5.45. The third-order valence-electron chi connectivity index (χ3n) is 2.24. The quantitative estimate of drug-likeness (QED) is 0.596. The minimum atomic E-state index is -0.500. The van der Waals surface area contributed by atoms with Crippen molar-refractivity contribution < 1.29 is 19.4 Å². The van der Waals surface area contributed by atoms with Crippen LogP contribution >= 0.6 is 0 Å². The molecular formula is C13H14N2O4. The van der Waals surface area contributed by atoms with E-state index in [0.717, 1.165) is 0 Å². The zero-order chi connectivity index (χ0) is 14.3. The predicted molar refractivity (Wildman–Crippen MR) is 67.2 cm³/mol. The Morgan fingerprint density at radius 3 is 2.84 bits per heavy atom. The molecule has 0 saturated carbocycles. The maximum Gasteiger partial charge on any atom is 0.325 e. The van der Waals surface area contributed by atoms with E-state index in [1.807, 2.05) is 0 Å². The van der Waals surface area contributed by atoms with Crippen LogP contribution in [0.3, 0.4) is 0 Å². The first-order valence-corrected chi connectivity index (χ1v) is 5.45. The summed E-state index contributed by atoms with van der Waals surface area (Å²) in [4.78, 5) is 28.2. The van der Waals surface area contributed by atoms with Crippen molar-refractivity contribution in [3.8, 4) is 11.8 Å². The van der Waals surface area contributed by atoms with Crippen molar-refractivity contribution in [2.24, 2.45) is 0 Å². The number of likely N-dealkylation sites (N-methyl/N-ethyl adjacent to an activating group) is 1. The van der Waals surface area contributed by atoms with E-state index >= 15 is 0 Å². The summed E-state index contributed by atoms with van der Waals surface area (Å²) in [7, 11) is 2.75. The summed E-state index contributed by atoms with van der Waals surface area (Å²) in [6, 6.07) is 1.55. The van der Waals surface area contributed by atoms with E-state index in [1.165, 1.54) is 31.5 Å². The molecular weight excluding hydrogens is 248 g/mol. The number of carbonyl (C=O) groups excluding carboxylic acids is 2. The van der Waals surface area contributed by atoms with Gasteiger partial charge >= 0.3 is 5.97 Å². The molecule has 0 aliphatic heterocycles. The number of rotatable bonds is 3. The van der Waals surface area contributed by atoms with Gasteiger partial charge in [-0.2, -0.15) is 0 Å². The molecule has 1 heterocycles. The average Bonchev–Trinajstić information content (AvgIpc) is 2.44. The first kappa shape index (κ1) is 14.7. The van der Waals surface area contributed by atoms with Gasteiger partial charge in [-0.05, 0) is 6.07 Å². The Balaban J connectivity index is 2.84. The number of aliphatic hydroxyl groups is 1. The van der Waals surface area contributed by atoms with Crippen molar-refractivity contribution >= 4 is 11.9 Å². The van der Waals surface area contributed by atoms with Crippen molar-refractivity contribution in [1.82, 2.24) is 9.88 Å². The van der Waals surface area contributed by atoms with E-state index in [4.69, 9.17) is 5.11 Å². The SMILES string of the molecule is COC(=O)CN(C)C(=O)c1cncc(C#CCO)c1. The topological polar surface area (TPSA) is 79.7 Å². The third-order valence-corrected chi connectivity index (χ3v) is 2.24. The number of aliphatic hydroxyl groups excluding tert-OH is 1. The van der Waals surface area contributed by atoms with E-state index in [-0.39, 0.29) is 19.1 Å². The second-order valence-electron chi connectivity index (χ2n) is 3.66. The zero-order valence-electron chi connectivity index (χ0n) is 10.7. The summed E-state index contributed by atoms with van der Waals surface area (Å²) in [5.41, 5.74) is 0.836. The van der Waals surface area contributed by atoms with Gasteiger partial charge in [0.15, 0.2) is 0 Å². The van der Waals surface area contributed by atoms with Crippen LogP contribution in [0.5, 0.6) is 0 Å². The predicted octanol–water partition coefficient (Wildman–Crippen LogP) is -0.330. The number of carbonyl (C=O) groups is 2. The molecule has 0 fully saturated rings. The second kappa shape index (κ2) is 7.13. The van der Waals surface area contributed by atoms with Crippen molar-refractivity contribution in [2.45, 2.75) is 0 Å². The van der Waals surface area contributed by atoms with E-state index in [9.17, 15) is 9.59 Å². The van der Waals surface area contributed by atoms with Crippen LogP contribution in [0.4, 0.5) is 0 Å². The highest BCUT2D eigenvalue weighted by Crippen LogP contribution is 2.05. The Labute approximate surface area is 111 Å². The van der Waals surface area contributed by atoms with Crippen molar-refractivity contribution in [3.63, 3.8) is 0 Å². The van der Waals surface area contributed by atoms with Gasteiger partial charge in [-0.25, -0.2) is 0 Å². The molecule has 6 heteroatoms. The molecule has 1 rings (SSSR count). The number of esters is 1. The Morgan fingerprint density at radius 1 is 1.47 bits per heavy atom. The fourth-order valence-electron chi connectivity index (χ4n) is 1.32. The minimum absolute atomic E-state index is 0.137. The molecule has 0 saturated heterocycles. The number of hydrogen-bond donors (Lipinski definition) is 1. The fraction of sp³-hybridized carbons (Fsp3) is 0.308. The number of amides is 1. The van der Waals surface area contributed by atoms with Crippen LogP contribution in [0.25, 0.3) is 0 Å². The van der Waals surface area contributed by atoms with Crippen molar-refractivity contribution in [2.75, 3.05) is 27.3 Å². The molecule has 0 aromatic carbocycles. The summed E-state index contributed by atoms with van der Waals surface area (Å²) in [6.45, 7) is -0.400. The molecule has 100 valence electrons. The lowest BCUT2D eigenvalue weighted by Gasteiger charge is -2.15. The van der Waals surface area contributed by atoms with Gasteiger partial charge in [-0.3, -0.25) is 14.6 Å². The molecule has 0 aliphatic carbocycles. The van der Waals surface area contributed by atoms with Gasteiger partial charge in [0.1, 0.15) is 13.2 Å². The number of methoxy groups -OCH3 is 1. The lowest BCUT2D eigenvalue weighted by molar-refractivity contribution is -0.141. The largest absolute Gasteiger partial charge is 0.468 e. The number of hydrogen-bond acceptors (Lipinski definition) is 5. The average molecular weight is 262 g/mol. The highest BCUT2D eigenvalue weighted by molar-refractivity contribution is 5.95. The minimum Gasteiger partial charge on any atom is -0.468 e. The van der Waals surface area contributed by atoms with E-state index in [1.54, 1.807) is 6.07 Å². The van der Waals surface area contributed by atoms with Gasteiger partial charge in [0.2, 0.25) is 0 Å². The molecule has 0 radical (unpaired) electrons. The third kappa shape index (κ3) is 4.41. The summed E-state index contributed by atoms with van der Waals surface area (Å²) < 4.78 is 4.49. The van der Waals surface area contributed by atoms with Crippen molar-refractivity contribution in [1.29, 1.82) is 0 Å². The van der Waals surface area contributed by atoms with Crippen LogP contribution in [0.1, 0.15) is 15.9 Å². The summed E-state index contributed by atoms with van der Waals surface area (Å²) in [5, 5.41) is 8.60. The number of ether oxygens (including phenoxy) is 1. The molecule has 0 spiro atoms. The summed E-state index contributed by atoms with van der Waals surface area (Å²) in [5.74, 6) is 4.27. The lowest BCUT2D eigenvalue weighted by Crippen LogP contribution is -2.32. The van der Waals surface area contributed by atoms with Gasteiger partial charge in [-0.15, -0.1) is 0 Å². The van der Waals surface area contributed by atoms with Gasteiger partial charge < -0.3 is 14.7 Å². The summed E-state index contributed by atoms with van der Waals surface area (Å²) in [6.07, 6.45) is 2.87. The van der Waals surface area contributed by atoms with Crippen LogP contribution < -0.4 is 0 Å². The highest BCUT2D eigenvalue weighted by Gasteiger charge is 2.15. The van der Waals surface area contributed by atoms with E-state index < -0.39 is 5.97 Å². The smallest absolute Gasteiger partial charge is 0.325 e. The van der Waals surface area contributed by atoms with Crippen LogP contribution in [0, 0.1) is 11.8 Å². The van der Waals surface area contributed by atoms with Crippen molar-refractivity contribution in [3.05, 3.63) is 29.6 Å². The molecule has 0 unspecified atom stereocenters. The standard InChI is InChI=1S/C13H14N2O4/c1-15(9-12(17)19-2)13(18)11-6-10(4-3-5-16)7-14-8-11/h6-8,16H,5,9H2,1-2H3. The number of aromatic nitrogens is 1. The van der Waals surface area contributed by atoms with Crippen LogP contribution in [0.15, 0.2) is 18.5 Å². The fourth-order valence-corrected chi connectivity index (χ4v) is 1.32. The monoisotopic (exact) mass is 262 g/mol. The van der Waals surface area contributed by atoms with Gasteiger partial charge in [0.05, 0.1) is 12.7 Å². The molecule has 6 nitrogen and oxygen atoms in total. The van der Waals surface area contributed by atoms with E-state index in [0.29, 0.717) is 11.1 Å². The Morgan fingerprint density at radius 2 is 2.21 bits per heavy atom. The normalized spacial score (nSPS) is 9.21. The maximum absolute atomic E-state index is 12.0. The molecule has 1 aromatic rings. The van der Waals surface area contributed by atoms with E-state index in [2.05, 4.69) is 21.6 Å². The molecule has 19 heavy (non-hydrogen) atoms. The Hall–Kier alpha value is -2.39. The highest BCUT2D eigenvalue weighted by atomic mass is 16.5. The molecule has 0 bridgehead atoms. The second-order valence-corrected chi connectivity index (χ2v) is 3.66. The molecule has 0 aliphatic rings. The number of pyridine rings is 1. The zero-order valence-corrected chi connectivity index (χ0v) is 10.7. The lowest BCUT2D eigenvalue weighted by atomic mass is 10.2. The van der Waals surface area contributed by atoms with Gasteiger partial charge in [-0.1, -0.05) is 11.8 Å². The molecule has 1 N–H and O–H groups in total. The Bertz CT molecular complexity index is 531. The van der Waals surface area contributed by atoms with Gasteiger partial charge in [0, 0.05) is 25.0 Å². The van der Waals surface area contributed by atoms with Gasteiger partial charge in [0.25, 0.3) is 5.91 Å².